The number of anilines is 2. The number of aromatic nitrogens is 3. The Kier molecular flexibility index (Phi) is 5.25. The second-order valence-electron chi connectivity index (χ2n) is 8.54. The molecule has 3 heterocycles. The van der Waals surface area contributed by atoms with Gasteiger partial charge in [0.15, 0.2) is 5.82 Å². The summed E-state index contributed by atoms with van der Waals surface area (Å²) in [4.78, 5) is 6.67. The Morgan fingerprint density at radius 2 is 1.97 bits per heavy atom. The van der Waals surface area contributed by atoms with Crippen molar-refractivity contribution in [1.82, 2.24) is 15.2 Å². The number of hydrogen-bond acceptors (Lipinski definition) is 6. The Hall–Kier alpha value is -2.94. The molecule has 0 radical (unpaired) electrons. The Labute approximate surface area is 178 Å². The summed E-state index contributed by atoms with van der Waals surface area (Å²) in [5.74, 6) is 0.463. The van der Waals surface area contributed by atoms with Crippen molar-refractivity contribution in [3.8, 4) is 0 Å². The predicted octanol–water partition coefficient (Wildman–Crippen LogP) is 4.34. The molecule has 0 spiro atoms. The molecule has 9 heteroatoms. The molecule has 6 nitrogen and oxygen atoms in total. The summed E-state index contributed by atoms with van der Waals surface area (Å²) in [5, 5.41) is 21.9. The molecule has 0 aliphatic carbocycles. The third-order valence-electron chi connectivity index (χ3n) is 5.73. The highest BCUT2D eigenvalue weighted by Gasteiger charge is 2.38. The lowest BCUT2D eigenvalue weighted by Gasteiger charge is -2.48. The monoisotopic (exact) mass is 431 g/mol. The van der Waals surface area contributed by atoms with Gasteiger partial charge in [-0.3, -0.25) is 4.98 Å². The Balaban J connectivity index is 1.64. The molecule has 1 saturated heterocycles. The number of nitrogens with zero attached hydrogens (tertiary/aromatic N) is 4. The first-order valence-corrected chi connectivity index (χ1v) is 10.0. The number of fused-ring (bicyclic) bond motifs is 1. The van der Waals surface area contributed by atoms with Crippen molar-refractivity contribution in [3.05, 3.63) is 53.3 Å². The van der Waals surface area contributed by atoms with Crippen molar-refractivity contribution in [2.24, 2.45) is 5.41 Å². The second-order valence-corrected chi connectivity index (χ2v) is 8.54. The van der Waals surface area contributed by atoms with Crippen LogP contribution in [0.4, 0.5) is 24.7 Å². The normalized spacial score (nSPS) is 16.8. The zero-order chi connectivity index (χ0) is 22.4. The predicted molar refractivity (Wildman–Crippen MR) is 113 cm³/mol. The first kappa shape index (κ1) is 21.3. The Morgan fingerprint density at radius 1 is 1.23 bits per heavy atom. The number of nitrogens with one attached hydrogen (secondary N) is 1. The second kappa shape index (κ2) is 7.64. The number of aryl methyl sites for hydroxylation is 1. The van der Waals surface area contributed by atoms with E-state index in [-0.39, 0.29) is 12.0 Å². The van der Waals surface area contributed by atoms with Gasteiger partial charge in [-0.25, -0.2) is 0 Å². The molecule has 1 atom stereocenters. The van der Waals surface area contributed by atoms with E-state index in [0.717, 1.165) is 36.3 Å². The van der Waals surface area contributed by atoms with E-state index in [2.05, 4.69) is 25.4 Å². The topological polar surface area (TPSA) is 74.2 Å². The largest absolute Gasteiger partial charge is 0.416 e. The average molecular weight is 431 g/mol. The van der Waals surface area contributed by atoms with Crippen molar-refractivity contribution in [1.29, 1.82) is 0 Å². The fraction of sp³-hybridized carbons (Fsp3) is 0.409. The van der Waals surface area contributed by atoms with E-state index in [1.54, 1.807) is 19.2 Å². The van der Waals surface area contributed by atoms with Crippen molar-refractivity contribution >= 4 is 22.4 Å². The number of hydrogen-bond donors (Lipinski definition) is 2. The van der Waals surface area contributed by atoms with E-state index in [9.17, 15) is 18.3 Å². The molecular weight excluding hydrogens is 407 g/mol. The molecule has 31 heavy (non-hydrogen) atoms. The fourth-order valence-electron chi connectivity index (χ4n) is 3.86. The van der Waals surface area contributed by atoms with Crippen LogP contribution in [0.25, 0.3) is 10.9 Å². The van der Waals surface area contributed by atoms with Gasteiger partial charge in [0.2, 0.25) is 0 Å². The molecule has 1 aliphatic heterocycles. The number of aliphatic hydroxyl groups is 1. The van der Waals surface area contributed by atoms with Crippen LogP contribution in [-0.2, 0) is 6.18 Å². The van der Waals surface area contributed by atoms with Crippen LogP contribution in [-0.4, -0.2) is 40.0 Å². The van der Waals surface area contributed by atoms with Gasteiger partial charge in [0.1, 0.15) is 0 Å². The fourth-order valence-corrected chi connectivity index (χ4v) is 3.86. The third kappa shape index (κ3) is 4.14. The summed E-state index contributed by atoms with van der Waals surface area (Å²) in [5.41, 5.74) is 1.94. The maximum Gasteiger partial charge on any atom is 0.416 e. The molecule has 0 saturated carbocycles. The number of pyridine rings is 1. The number of halogens is 3. The van der Waals surface area contributed by atoms with Crippen LogP contribution < -0.4 is 10.2 Å². The molecule has 1 fully saturated rings. The lowest BCUT2D eigenvalue weighted by atomic mass is 9.82. The van der Waals surface area contributed by atoms with E-state index in [0.29, 0.717) is 22.6 Å². The van der Waals surface area contributed by atoms with Crippen molar-refractivity contribution in [2.45, 2.75) is 33.0 Å². The molecule has 164 valence electrons. The van der Waals surface area contributed by atoms with Crippen LogP contribution in [0.5, 0.6) is 0 Å². The van der Waals surface area contributed by atoms with Gasteiger partial charge in [-0.15, -0.1) is 5.10 Å². The highest BCUT2D eigenvalue weighted by Crippen LogP contribution is 2.36. The Bertz CT molecular complexity index is 1110. The van der Waals surface area contributed by atoms with Gasteiger partial charge in [0.25, 0.3) is 0 Å². The summed E-state index contributed by atoms with van der Waals surface area (Å²) in [7, 11) is 0. The number of rotatable bonds is 5. The number of aliphatic hydroxyl groups excluding tert-OH is 1. The summed E-state index contributed by atoms with van der Waals surface area (Å²) < 4.78 is 39.2. The van der Waals surface area contributed by atoms with Crippen molar-refractivity contribution in [2.75, 3.05) is 29.9 Å². The highest BCUT2D eigenvalue weighted by atomic mass is 19.4. The van der Waals surface area contributed by atoms with Gasteiger partial charge in [0.05, 0.1) is 41.3 Å². The SMILES string of the molecule is Cc1nnc(N[C@H](C)c2cccc(C(F)(F)F)c2)c2cc(N3CC(C)(CO)C3)cnc12. The molecule has 1 aliphatic rings. The van der Waals surface area contributed by atoms with Crippen LogP contribution >= 0.6 is 0 Å². The molecule has 2 aromatic heterocycles. The van der Waals surface area contributed by atoms with Gasteiger partial charge in [-0.05, 0) is 37.6 Å². The van der Waals surface area contributed by atoms with Gasteiger partial charge < -0.3 is 15.3 Å². The smallest absolute Gasteiger partial charge is 0.396 e. The minimum Gasteiger partial charge on any atom is -0.396 e. The lowest BCUT2D eigenvalue weighted by Crippen LogP contribution is -2.56. The van der Waals surface area contributed by atoms with Crippen LogP contribution in [0.15, 0.2) is 36.5 Å². The molecule has 0 bridgehead atoms. The first-order valence-electron chi connectivity index (χ1n) is 10.0. The van der Waals surface area contributed by atoms with E-state index >= 15 is 0 Å². The van der Waals surface area contributed by atoms with Gasteiger partial charge >= 0.3 is 6.18 Å². The molecule has 4 rings (SSSR count). The van der Waals surface area contributed by atoms with Crippen molar-refractivity contribution < 1.29 is 18.3 Å². The van der Waals surface area contributed by atoms with Gasteiger partial charge in [-0.1, -0.05) is 19.1 Å². The minimum atomic E-state index is -4.40. The number of alkyl halides is 3. The first-order chi connectivity index (χ1) is 14.6. The molecule has 0 unspecified atom stereocenters. The molecule has 1 aromatic carbocycles. The Morgan fingerprint density at radius 3 is 2.65 bits per heavy atom. The summed E-state index contributed by atoms with van der Waals surface area (Å²) >= 11 is 0. The summed E-state index contributed by atoms with van der Waals surface area (Å²) in [6.07, 6.45) is -2.63. The maximum absolute atomic E-state index is 13.1. The van der Waals surface area contributed by atoms with Crippen LogP contribution in [0, 0.1) is 12.3 Å². The molecule has 3 aromatic rings. The zero-order valence-electron chi connectivity index (χ0n) is 17.5. The molecule has 0 amide bonds. The van der Waals surface area contributed by atoms with E-state index in [4.69, 9.17) is 0 Å². The van der Waals surface area contributed by atoms with Crippen LogP contribution in [0.3, 0.4) is 0 Å². The highest BCUT2D eigenvalue weighted by molar-refractivity contribution is 5.92. The molecular formula is C22H24F3N5O. The molecule has 2 N–H and O–H groups in total. The quantitative estimate of drug-likeness (QED) is 0.626. The van der Waals surface area contributed by atoms with Crippen molar-refractivity contribution in [3.63, 3.8) is 0 Å². The van der Waals surface area contributed by atoms with Gasteiger partial charge in [-0.2, -0.15) is 18.3 Å². The van der Waals surface area contributed by atoms with E-state index < -0.39 is 17.8 Å². The van der Waals surface area contributed by atoms with E-state index in [1.165, 1.54) is 6.07 Å². The third-order valence-corrected chi connectivity index (χ3v) is 5.73. The van der Waals surface area contributed by atoms with E-state index in [1.807, 2.05) is 19.9 Å². The summed E-state index contributed by atoms with van der Waals surface area (Å²) in [6.45, 7) is 7.18. The van der Waals surface area contributed by atoms with Crippen LogP contribution in [0.2, 0.25) is 0 Å². The van der Waals surface area contributed by atoms with Crippen LogP contribution in [0.1, 0.15) is 36.7 Å². The zero-order valence-corrected chi connectivity index (χ0v) is 17.5. The number of benzene rings is 1. The average Bonchev–Trinajstić information content (AvgIpc) is 2.72. The lowest BCUT2D eigenvalue weighted by molar-refractivity contribution is -0.137. The maximum atomic E-state index is 13.1. The summed E-state index contributed by atoms with van der Waals surface area (Å²) in [6, 6.07) is 6.78. The minimum absolute atomic E-state index is 0.121. The standard InChI is InChI=1S/C22H24F3N5O/c1-13(15-5-4-6-16(7-15)22(23,24)25)27-20-18-8-17(30-10-21(3,11-30)12-31)9-26-19(18)14(2)28-29-20/h4-9,13,31H,10-12H2,1-3H3,(H,27,29)/t13-/m1/s1. The van der Waals surface area contributed by atoms with Gasteiger partial charge in [0, 0.05) is 23.9 Å².